The predicted molar refractivity (Wildman–Crippen MR) is 106 cm³/mol. The van der Waals surface area contributed by atoms with Gasteiger partial charge in [-0.3, -0.25) is 4.99 Å². The number of anilines is 1. The second-order valence-electron chi connectivity index (χ2n) is 6.18. The number of nitrogens with zero attached hydrogens (tertiary/aromatic N) is 2. The Morgan fingerprint density at radius 2 is 2.08 bits per heavy atom. The molecule has 0 amide bonds. The van der Waals surface area contributed by atoms with Crippen molar-refractivity contribution in [1.29, 1.82) is 0 Å². The van der Waals surface area contributed by atoms with Crippen molar-refractivity contribution < 1.29 is 9.47 Å². The van der Waals surface area contributed by atoms with Crippen LogP contribution >= 0.6 is 0 Å². The largest absolute Gasteiger partial charge is 0.493 e. The molecule has 6 nitrogen and oxygen atoms in total. The molecule has 0 saturated heterocycles. The van der Waals surface area contributed by atoms with Crippen LogP contribution in [0.2, 0.25) is 0 Å². The van der Waals surface area contributed by atoms with Gasteiger partial charge in [0.05, 0.1) is 13.2 Å². The molecule has 0 bridgehead atoms. The number of aliphatic imine (C=N–C) groups is 1. The van der Waals surface area contributed by atoms with Crippen LogP contribution in [-0.4, -0.2) is 63.9 Å². The van der Waals surface area contributed by atoms with Gasteiger partial charge in [-0.05, 0) is 40.0 Å². The molecule has 0 unspecified atom stereocenters. The van der Waals surface area contributed by atoms with Crippen molar-refractivity contribution in [2.24, 2.45) is 4.99 Å². The van der Waals surface area contributed by atoms with Gasteiger partial charge in [0.1, 0.15) is 5.75 Å². The minimum absolute atomic E-state index is 0.526. The highest BCUT2D eigenvalue weighted by atomic mass is 16.5. The van der Waals surface area contributed by atoms with E-state index >= 15 is 0 Å². The van der Waals surface area contributed by atoms with E-state index in [9.17, 15) is 0 Å². The van der Waals surface area contributed by atoms with Crippen molar-refractivity contribution in [3.05, 3.63) is 24.3 Å². The van der Waals surface area contributed by atoms with Crippen LogP contribution in [0.1, 0.15) is 27.2 Å². The SMILES string of the molecule is CCNC(=NCCN(C)C(C)C)Nc1cccc(OCCCOC)c1. The van der Waals surface area contributed by atoms with Crippen LogP contribution < -0.4 is 15.4 Å². The Balaban J connectivity index is 2.58. The minimum Gasteiger partial charge on any atom is -0.493 e. The summed E-state index contributed by atoms with van der Waals surface area (Å²) >= 11 is 0. The minimum atomic E-state index is 0.526. The first-order valence-corrected chi connectivity index (χ1v) is 9.04. The maximum atomic E-state index is 5.74. The van der Waals surface area contributed by atoms with Gasteiger partial charge in [-0.1, -0.05) is 6.07 Å². The summed E-state index contributed by atoms with van der Waals surface area (Å²) in [6.45, 7) is 10.3. The molecule has 0 aliphatic rings. The van der Waals surface area contributed by atoms with Gasteiger partial charge in [0, 0.05) is 51.0 Å². The van der Waals surface area contributed by atoms with Crippen LogP contribution in [0.5, 0.6) is 5.75 Å². The molecule has 142 valence electrons. The third kappa shape index (κ3) is 9.31. The van der Waals surface area contributed by atoms with E-state index in [2.05, 4.69) is 48.3 Å². The second kappa shape index (κ2) is 12.6. The number of hydrogen-bond acceptors (Lipinski definition) is 4. The third-order valence-corrected chi connectivity index (χ3v) is 3.81. The van der Waals surface area contributed by atoms with Gasteiger partial charge in [0.2, 0.25) is 0 Å². The van der Waals surface area contributed by atoms with E-state index < -0.39 is 0 Å². The summed E-state index contributed by atoms with van der Waals surface area (Å²) in [7, 11) is 3.82. The van der Waals surface area contributed by atoms with E-state index in [0.717, 1.165) is 43.5 Å². The zero-order valence-corrected chi connectivity index (χ0v) is 16.3. The lowest BCUT2D eigenvalue weighted by Gasteiger charge is -2.20. The van der Waals surface area contributed by atoms with Crippen LogP contribution in [0.15, 0.2) is 29.3 Å². The lowest BCUT2D eigenvalue weighted by molar-refractivity contribution is 0.172. The zero-order chi connectivity index (χ0) is 18.5. The van der Waals surface area contributed by atoms with E-state index in [1.54, 1.807) is 7.11 Å². The molecule has 1 aromatic carbocycles. The molecular formula is C19H34N4O2. The maximum absolute atomic E-state index is 5.74. The molecule has 0 aromatic heterocycles. The van der Waals surface area contributed by atoms with Gasteiger partial charge in [-0.25, -0.2) is 0 Å². The number of methoxy groups -OCH3 is 1. The van der Waals surface area contributed by atoms with E-state index in [0.29, 0.717) is 19.3 Å². The van der Waals surface area contributed by atoms with Gasteiger partial charge in [-0.2, -0.15) is 0 Å². The van der Waals surface area contributed by atoms with Gasteiger partial charge in [-0.15, -0.1) is 0 Å². The summed E-state index contributed by atoms with van der Waals surface area (Å²) in [4.78, 5) is 6.92. The molecule has 0 saturated carbocycles. The first-order chi connectivity index (χ1) is 12.1. The monoisotopic (exact) mass is 350 g/mol. The van der Waals surface area contributed by atoms with Gasteiger partial charge in [0.15, 0.2) is 5.96 Å². The van der Waals surface area contributed by atoms with Crippen molar-refractivity contribution in [3.63, 3.8) is 0 Å². The van der Waals surface area contributed by atoms with E-state index in [-0.39, 0.29) is 0 Å². The van der Waals surface area contributed by atoms with Crippen LogP contribution in [-0.2, 0) is 4.74 Å². The number of guanidine groups is 1. The molecule has 0 fully saturated rings. The summed E-state index contributed by atoms with van der Waals surface area (Å²) in [6, 6.07) is 8.45. The van der Waals surface area contributed by atoms with E-state index in [4.69, 9.17) is 9.47 Å². The summed E-state index contributed by atoms with van der Waals surface area (Å²) in [6.07, 6.45) is 0.877. The zero-order valence-electron chi connectivity index (χ0n) is 16.3. The smallest absolute Gasteiger partial charge is 0.195 e. The second-order valence-corrected chi connectivity index (χ2v) is 6.18. The van der Waals surface area contributed by atoms with Crippen LogP contribution in [0, 0.1) is 0 Å². The lowest BCUT2D eigenvalue weighted by Crippen LogP contribution is -2.33. The van der Waals surface area contributed by atoms with Gasteiger partial charge in [0.25, 0.3) is 0 Å². The molecular weight excluding hydrogens is 316 g/mol. The molecule has 0 radical (unpaired) electrons. The first-order valence-electron chi connectivity index (χ1n) is 9.04. The van der Waals surface area contributed by atoms with Gasteiger partial charge >= 0.3 is 0 Å². The average molecular weight is 351 g/mol. The number of likely N-dealkylation sites (N-methyl/N-ethyl adjacent to an activating group) is 1. The Kier molecular flexibility index (Phi) is 10.7. The fourth-order valence-electron chi connectivity index (χ4n) is 2.08. The Morgan fingerprint density at radius 1 is 1.28 bits per heavy atom. The molecule has 0 heterocycles. The maximum Gasteiger partial charge on any atom is 0.195 e. The molecule has 1 aromatic rings. The van der Waals surface area contributed by atoms with E-state index in [1.165, 1.54) is 0 Å². The van der Waals surface area contributed by atoms with E-state index in [1.807, 2.05) is 24.3 Å². The normalized spacial score (nSPS) is 11.9. The molecule has 1 rings (SSSR count). The molecule has 25 heavy (non-hydrogen) atoms. The van der Waals surface area contributed by atoms with Crippen molar-refractivity contribution in [2.75, 3.05) is 52.3 Å². The average Bonchev–Trinajstić information content (AvgIpc) is 2.59. The van der Waals surface area contributed by atoms with Crippen molar-refractivity contribution in [2.45, 2.75) is 33.2 Å². The standard InChI is InChI=1S/C19H34N4O2/c1-6-20-19(21-11-12-23(4)16(2)3)22-17-9-7-10-18(15-17)25-14-8-13-24-5/h7,9-10,15-16H,6,8,11-14H2,1-5H3,(H2,20,21,22). The number of hydrogen-bond donors (Lipinski definition) is 2. The summed E-state index contributed by atoms with van der Waals surface area (Å²) in [5, 5.41) is 6.62. The number of benzene rings is 1. The number of rotatable bonds is 11. The highest BCUT2D eigenvalue weighted by molar-refractivity contribution is 5.93. The van der Waals surface area contributed by atoms with Crippen LogP contribution in [0.3, 0.4) is 0 Å². The molecule has 0 aliphatic heterocycles. The first kappa shape index (κ1) is 21.3. The number of nitrogens with one attached hydrogen (secondary N) is 2. The summed E-state index contributed by atoms with van der Waals surface area (Å²) in [5.74, 6) is 1.63. The summed E-state index contributed by atoms with van der Waals surface area (Å²) in [5.41, 5.74) is 0.959. The highest BCUT2D eigenvalue weighted by Gasteiger charge is 2.04. The fourth-order valence-corrected chi connectivity index (χ4v) is 2.08. The van der Waals surface area contributed by atoms with Crippen LogP contribution in [0.25, 0.3) is 0 Å². The fraction of sp³-hybridized carbons (Fsp3) is 0.632. The number of ether oxygens (including phenoxy) is 2. The highest BCUT2D eigenvalue weighted by Crippen LogP contribution is 2.17. The quantitative estimate of drug-likeness (QED) is 0.365. The molecule has 0 atom stereocenters. The topological polar surface area (TPSA) is 58.1 Å². The third-order valence-electron chi connectivity index (χ3n) is 3.81. The van der Waals surface area contributed by atoms with Crippen molar-refractivity contribution in [1.82, 2.24) is 10.2 Å². The Hall–Kier alpha value is -1.79. The lowest BCUT2D eigenvalue weighted by atomic mass is 10.3. The van der Waals surface area contributed by atoms with Gasteiger partial charge < -0.3 is 25.0 Å². The Labute approximate surface area is 152 Å². The molecule has 6 heteroatoms. The molecule has 0 aliphatic carbocycles. The Morgan fingerprint density at radius 3 is 2.76 bits per heavy atom. The summed E-state index contributed by atoms with van der Waals surface area (Å²) < 4.78 is 10.8. The van der Waals surface area contributed by atoms with Crippen LogP contribution in [0.4, 0.5) is 5.69 Å². The Bertz CT molecular complexity index is 506. The predicted octanol–water partition coefficient (Wildman–Crippen LogP) is 2.82. The molecule has 0 spiro atoms. The van der Waals surface area contributed by atoms with Crippen molar-refractivity contribution in [3.8, 4) is 5.75 Å². The van der Waals surface area contributed by atoms with Crippen molar-refractivity contribution >= 4 is 11.6 Å². The molecule has 2 N–H and O–H groups in total.